The Kier molecular flexibility index (Phi) is 7.85. The van der Waals surface area contributed by atoms with Crippen LogP contribution in [0.2, 0.25) is 0 Å². The van der Waals surface area contributed by atoms with Gasteiger partial charge >= 0.3 is 0 Å². The second-order valence-electron chi connectivity index (χ2n) is 7.62. The lowest BCUT2D eigenvalue weighted by atomic mass is 9.99. The predicted molar refractivity (Wildman–Crippen MR) is 118 cm³/mol. The van der Waals surface area contributed by atoms with E-state index in [1.54, 1.807) is 17.5 Å². The Morgan fingerprint density at radius 1 is 1.23 bits per heavy atom. The third-order valence-electron chi connectivity index (χ3n) is 5.30. The van der Waals surface area contributed by atoms with Crippen molar-refractivity contribution in [3.8, 4) is 0 Å². The fourth-order valence-corrected chi connectivity index (χ4v) is 6.01. The first-order valence-electron chi connectivity index (χ1n) is 10.2. The minimum atomic E-state index is -4.04. The molecule has 0 radical (unpaired) electrons. The van der Waals surface area contributed by atoms with E-state index in [0.717, 1.165) is 47.6 Å². The van der Waals surface area contributed by atoms with Crippen LogP contribution >= 0.6 is 11.3 Å². The average Bonchev–Trinajstić information content (AvgIpc) is 3.27. The van der Waals surface area contributed by atoms with Gasteiger partial charge in [0, 0.05) is 6.54 Å². The lowest BCUT2D eigenvalue weighted by Gasteiger charge is -2.30. The molecule has 0 bridgehead atoms. The average molecular weight is 454 g/mol. The molecule has 1 aliphatic rings. The molecule has 0 aliphatic carbocycles. The highest BCUT2D eigenvalue weighted by Gasteiger charge is 2.29. The van der Waals surface area contributed by atoms with Crippen LogP contribution in [-0.4, -0.2) is 51.9 Å². The van der Waals surface area contributed by atoms with Gasteiger partial charge in [-0.25, -0.2) is 12.8 Å². The van der Waals surface area contributed by atoms with Gasteiger partial charge < -0.3 is 10.2 Å². The fraction of sp³-hybridized carbons (Fsp3) is 0.476. The summed E-state index contributed by atoms with van der Waals surface area (Å²) in [5.41, 5.74) is -0.136. The molecular weight excluding hydrogens is 425 g/mol. The summed E-state index contributed by atoms with van der Waals surface area (Å²) in [4.78, 5) is 14.9. The smallest absolute Gasteiger partial charge is 0.274 e. The predicted octanol–water partition coefficient (Wildman–Crippen LogP) is 3.32. The number of anilines is 1. The minimum absolute atomic E-state index is 0.0675. The molecule has 1 fully saturated rings. The standard InChI is InChI=1S/C21H28FN3O3S2/c1-17-9-13-24(14-10-17)12-5-11-23-20(26)16-25(19-7-3-2-6-18(19)22)30(27,28)21-8-4-15-29-21/h2-4,6-8,15,17H,5,9-14,16H2,1H3,(H,23,26). The second kappa shape index (κ2) is 10.4. The summed E-state index contributed by atoms with van der Waals surface area (Å²) in [6.07, 6.45) is 3.19. The minimum Gasteiger partial charge on any atom is -0.354 e. The van der Waals surface area contributed by atoms with Gasteiger partial charge in [0.05, 0.1) is 5.69 Å². The van der Waals surface area contributed by atoms with Gasteiger partial charge in [0.2, 0.25) is 5.91 Å². The van der Waals surface area contributed by atoms with Gasteiger partial charge in [0.1, 0.15) is 16.6 Å². The van der Waals surface area contributed by atoms with Crippen LogP contribution in [0.4, 0.5) is 10.1 Å². The number of hydrogen-bond acceptors (Lipinski definition) is 5. The molecule has 9 heteroatoms. The molecule has 1 N–H and O–H groups in total. The van der Waals surface area contributed by atoms with E-state index in [1.165, 1.54) is 37.1 Å². The SMILES string of the molecule is CC1CCN(CCCNC(=O)CN(c2ccccc2F)S(=O)(=O)c2cccs2)CC1. The maximum atomic E-state index is 14.4. The van der Waals surface area contributed by atoms with Crippen LogP contribution in [0.15, 0.2) is 46.0 Å². The lowest BCUT2D eigenvalue weighted by molar-refractivity contribution is -0.119. The molecule has 30 heavy (non-hydrogen) atoms. The van der Waals surface area contributed by atoms with Crippen molar-refractivity contribution < 1.29 is 17.6 Å². The molecule has 0 spiro atoms. The van der Waals surface area contributed by atoms with E-state index in [4.69, 9.17) is 0 Å². The Morgan fingerprint density at radius 3 is 2.63 bits per heavy atom. The topological polar surface area (TPSA) is 69.7 Å². The van der Waals surface area contributed by atoms with Crippen molar-refractivity contribution in [3.63, 3.8) is 0 Å². The Hall–Kier alpha value is -1.97. The Bertz CT molecular complexity index is 927. The van der Waals surface area contributed by atoms with Crippen LogP contribution in [0.25, 0.3) is 0 Å². The quantitative estimate of drug-likeness (QED) is 0.592. The number of benzene rings is 1. The number of halogens is 1. The van der Waals surface area contributed by atoms with Crippen molar-refractivity contribution in [2.45, 2.75) is 30.4 Å². The summed E-state index contributed by atoms with van der Waals surface area (Å²) in [5.74, 6) is -0.369. The van der Waals surface area contributed by atoms with E-state index in [1.807, 2.05) is 0 Å². The van der Waals surface area contributed by atoms with Crippen molar-refractivity contribution in [1.82, 2.24) is 10.2 Å². The van der Waals surface area contributed by atoms with Gasteiger partial charge in [-0.15, -0.1) is 11.3 Å². The van der Waals surface area contributed by atoms with Crippen molar-refractivity contribution in [2.75, 3.05) is 37.0 Å². The van der Waals surface area contributed by atoms with Crippen LogP contribution < -0.4 is 9.62 Å². The van der Waals surface area contributed by atoms with Crippen LogP contribution in [0.5, 0.6) is 0 Å². The molecule has 2 aromatic rings. The zero-order chi connectivity index (χ0) is 21.6. The first-order valence-corrected chi connectivity index (χ1v) is 12.5. The van der Waals surface area contributed by atoms with Crippen LogP contribution in [-0.2, 0) is 14.8 Å². The first kappa shape index (κ1) is 22.7. The maximum Gasteiger partial charge on any atom is 0.274 e. The number of carbonyl (C=O) groups is 1. The monoisotopic (exact) mass is 453 g/mol. The maximum absolute atomic E-state index is 14.4. The van der Waals surface area contributed by atoms with Crippen LogP contribution in [0.1, 0.15) is 26.2 Å². The molecule has 3 rings (SSSR count). The van der Waals surface area contributed by atoms with Crippen LogP contribution in [0, 0.1) is 11.7 Å². The number of rotatable bonds is 9. The number of piperidine rings is 1. The summed E-state index contributed by atoms with van der Waals surface area (Å²) < 4.78 is 41.3. The van der Waals surface area contributed by atoms with E-state index < -0.39 is 28.3 Å². The Balaban J connectivity index is 1.61. The normalized spacial score (nSPS) is 15.8. The molecule has 2 heterocycles. The molecule has 0 atom stereocenters. The largest absolute Gasteiger partial charge is 0.354 e. The van der Waals surface area contributed by atoms with Gasteiger partial charge in [0.25, 0.3) is 10.0 Å². The Labute approximate surface area is 181 Å². The number of thiophene rings is 1. The van der Waals surface area contributed by atoms with Gasteiger partial charge in [-0.2, -0.15) is 0 Å². The van der Waals surface area contributed by atoms with Crippen molar-refractivity contribution in [1.29, 1.82) is 0 Å². The van der Waals surface area contributed by atoms with E-state index in [9.17, 15) is 17.6 Å². The van der Waals surface area contributed by atoms with E-state index >= 15 is 0 Å². The Morgan fingerprint density at radius 2 is 1.97 bits per heavy atom. The summed E-state index contributed by atoms with van der Waals surface area (Å²) in [5, 5.41) is 4.41. The summed E-state index contributed by atoms with van der Waals surface area (Å²) in [6.45, 7) is 5.31. The molecule has 1 amide bonds. The molecule has 0 saturated carbocycles. The number of hydrogen-bond donors (Lipinski definition) is 1. The molecule has 1 saturated heterocycles. The van der Waals surface area contributed by atoms with Crippen molar-refractivity contribution in [3.05, 3.63) is 47.6 Å². The number of para-hydroxylation sites is 1. The zero-order valence-corrected chi connectivity index (χ0v) is 18.7. The number of carbonyl (C=O) groups excluding carboxylic acids is 1. The molecule has 164 valence electrons. The van der Waals surface area contributed by atoms with Crippen molar-refractivity contribution in [2.24, 2.45) is 5.92 Å². The number of sulfonamides is 1. The van der Waals surface area contributed by atoms with Gasteiger partial charge in [-0.3, -0.25) is 9.10 Å². The highest BCUT2D eigenvalue weighted by atomic mass is 32.2. The molecule has 1 aliphatic heterocycles. The molecule has 0 unspecified atom stereocenters. The van der Waals surface area contributed by atoms with E-state index in [-0.39, 0.29) is 9.90 Å². The van der Waals surface area contributed by atoms with Gasteiger partial charge in [0.15, 0.2) is 0 Å². The second-order valence-corrected chi connectivity index (χ2v) is 10.7. The molecule has 1 aromatic heterocycles. The van der Waals surface area contributed by atoms with Crippen molar-refractivity contribution >= 4 is 33.0 Å². The number of nitrogens with one attached hydrogen (secondary N) is 1. The highest BCUT2D eigenvalue weighted by Crippen LogP contribution is 2.28. The summed E-state index contributed by atoms with van der Waals surface area (Å²) >= 11 is 1.03. The zero-order valence-electron chi connectivity index (χ0n) is 17.1. The number of nitrogens with zero attached hydrogens (tertiary/aromatic N) is 2. The molecule has 6 nitrogen and oxygen atoms in total. The lowest BCUT2D eigenvalue weighted by Crippen LogP contribution is -2.42. The van der Waals surface area contributed by atoms with E-state index in [2.05, 4.69) is 17.1 Å². The fourth-order valence-electron chi connectivity index (χ4n) is 3.47. The third-order valence-corrected chi connectivity index (χ3v) is 8.43. The van der Waals surface area contributed by atoms with Gasteiger partial charge in [-0.1, -0.05) is 25.1 Å². The first-order chi connectivity index (χ1) is 14.4. The molecule has 1 aromatic carbocycles. The highest BCUT2D eigenvalue weighted by molar-refractivity contribution is 7.94. The number of amides is 1. The summed E-state index contributed by atoms with van der Waals surface area (Å²) in [7, 11) is -4.04. The van der Waals surface area contributed by atoms with Gasteiger partial charge in [-0.05, 0) is 68.4 Å². The molecular formula is C21H28FN3O3S2. The third kappa shape index (κ3) is 5.80. The van der Waals surface area contributed by atoms with E-state index in [0.29, 0.717) is 6.54 Å². The number of likely N-dealkylation sites (tertiary alicyclic amines) is 1. The summed E-state index contributed by atoms with van der Waals surface area (Å²) in [6, 6.07) is 8.64. The van der Waals surface area contributed by atoms with Crippen LogP contribution in [0.3, 0.4) is 0 Å².